The van der Waals surface area contributed by atoms with Gasteiger partial charge >= 0.3 is 1.43 Å². The van der Waals surface area contributed by atoms with Gasteiger partial charge in [0, 0.05) is 23.5 Å². The van der Waals surface area contributed by atoms with E-state index in [1.54, 1.807) is 12.1 Å². The van der Waals surface area contributed by atoms with Crippen molar-refractivity contribution >= 4 is 16.8 Å². The van der Waals surface area contributed by atoms with Crippen LogP contribution >= 0.6 is 0 Å². The van der Waals surface area contributed by atoms with Crippen molar-refractivity contribution in [1.29, 1.82) is 0 Å². The molecule has 0 spiro atoms. The second-order valence-electron chi connectivity index (χ2n) is 7.14. The highest BCUT2D eigenvalue weighted by molar-refractivity contribution is 5.98. The number of benzene rings is 2. The summed E-state index contributed by atoms with van der Waals surface area (Å²) in [5.41, 5.74) is 9.02. The Balaban J connectivity index is 0.00000150. The summed E-state index contributed by atoms with van der Waals surface area (Å²) < 4.78 is 13.1. The van der Waals surface area contributed by atoms with Gasteiger partial charge in [0.25, 0.3) is 5.91 Å². The minimum atomic E-state index is -0.256. The van der Waals surface area contributed by atoms with E-state index in [1.165, 1.54) is 12.1 Å². The summed E-state index contributed by atoms with van der Waals surface area (Å²) >= 11 is 0. The summed E-state index contributed by atoms with van der Waals surface area (Å²) in [6, 6.07) is 14.4. The quantitative estimate of drug-likeness (QED) is 0.475. The van der Waals surface area contributed by atoms with Gasteiger partial charge in [0.15, 0.2) is 0 Å². The van der Waals surface area contributed by atoms with E-state index in [0.717, 1.165) is 35.0 Å². The fourth-order valence-corrected chi connectivity index (χ4v) is 3.62. The standard InChI is InChI=1S/C21H23FN4O.ClH/c22-17-5-3-14(4-6-17)15-1-2-16-9-20(26-19(16)8-15)21(27)25-12-18-7-13(10-23)11-24-18;/h1-6,8-9,13,18,24,26H,7,10-12,23H2,(H,25,27);1H/t13-,18-;/m1./s1. The number of aromatic nitrogens is 1. The van der Waals surface area contributed by atoms with Crippen LogP contribution in [0.3, 0.4) is 0 Å². The number of hydrogen-bond acceptors (Lipinski definition) is 3. The lowest BCUT2D eigenvalue weighted by Gasteiger charge is -2.11. The molecule has 7 heteroatoms. The van der Waals surface area contributed by atoms with E-state index in [-0.39, 0.29) is 31.6 Å². The van der Waals surface area contributed by atoms with Crippen molar-refractivity contribution in [3.63, 3.8) is 0 Å². The molecule has 1 amide bonds. The number of carbonyl (C=O) groups excluding carboxylic acids is 1. The zero-order valence-corrected chi connectivity index (χ0v) is 16.1. The number of nitrogens with two attached hydrogens (primary N) is 1. The number of hydrogen-bond donors (Lipinski definition) is 4. The van der Waals surface area contributed by atoms with Crippen LogP contribution in [0.15, 0.2) is 48.5 Å². The fraction of sp³-hybridized carbons (Fsp3) is 0.286. The Morgan fingerprint density at radius 3 is 2.64 bits per heavy atom. The number of rotatable bonds is 5. The van der Waals surface area contributed by atoms with Gasteiger partial charge in [0.1, 0.15) is 11.5 Å². The smallest absolute Gasteiger partial charge is 1.00 e. The van der Waals surface area contributed by atoms with Crippen LogP contribution in [0.2, 0.25) is 0 Å². The maximum absolute atomic E-state index is 13.1. The number of carbonyl (C=O) groups is 1. The summed E-state index contributed by atoms with van der Waals surface area (Å²) in [6.45, 7) is 2.18. The van der Waals surface area contributed by atoms with E-state index >= 15 is 0 Å². The van der Waals surface area contributed by atoms with Gasteiger partial charge in [-0.25, -0.2) is 4.39 Å². The van der Waals surface area contributed by atoms with Crippen LogP contribution in [0.4, 0.5) is 4.39 Å². The number of nitrogens with one attached hydrogen (secondary N) is 3. The summed E-state index contributed by atoms with van der Waals surface area (Å²) in [5.74, 6) is 0.116. The Morgan fingerprint density at radius 1 is 1.18 bits per heavy atom. The maximum atomic E-state index is 13.1. The molecule has 3 aromatic rings. The molecule has 0 aliphatic carbocycles. The summed E-state index contributed by atoms with van der Waals surface area (Å²) in [6.07, 6.45) is 0.991. The predicted octanol–water partition coefficient (Wildman–Crippen LogP) is -0.243. The molecular weight excluding hydrogens is 379 g/mol. The number of fused-ring (bicyclic) bond motifs is 1. The van der Waals surface area contributed by atoms with Gasteiger partial charge in [-0.05, 0) is 60.8 Å². The molecule has 1 saturated heterocycles. The lowest BCUT2D eigenvalue weighted by atomic mass is 10.0. The van der Waals surface area contributed by atoms with Crippen molar-refractivity contribution in [3.05, 3.63) is 60.0 Å². The highest BCUT2D eigenvalue weighted by atomic mass is 35.5. The van der Waals surface area contributed by atoms with E-state index in [2.05, 4.69) is 15.6 Å². The summed E-state index contributed by atoms with van der Waals surface area (Å²) in [5, 5.41) is 7.34. The molecule has 2 atom stereocenters. The molecule has 2 aromatic carbocycles. The van der Waals surface area contributed by atoms with Crippen molar-refractivity contribution in [2.45, 2.75) is 12.5 Å². The number of halogens is 2. The first kappa shape index (κ1) is 20.3. The SMILES string of the molecule is NC[C@@H]1CN[C@@H](CNC(=O)c2cc3ccc(-c4ccc(F)cc4)cc3[nH]2)C1.[Cl-].[H+]. The Kier molecular flexibility index (Phi) is 6.34. The molecule has 0 radical (unpaired) electrons. The molecule has 28 heavy (non-hydrogen) atoms. The molecule has 1 aliphatic rings. The third kappa shape index (κ3) is 4.35. The minimum absolute atomic E-state index is 0. The Morgan fingerprint density at radius 2 is 1.93 bits per heavy atom. The Hall–Kier alpha value is -2.41. The lowest BCUT2D eigenvalue weighted by molar-refractivity contribution is -0.0000143. The average molecular weight is 403 g/mol. The van der Waals surface area contributed by atoms with Crippen LogP contribution in [0.25, 0.3) is 22.0 Å². The van der Waals surface area contributed by atoms with Crippen LogP contribution in [0.5, 0.6) is 0 Å². The van der Waals surface area contributed by atoms with E-state index in [0.29, 0.717) is 24.7 Å². The molecule has 1 aliphatic heterocycles. The molecule has 4 rings (SSSR count). The van der Waals surface area contributed by atoms with Crippen molar-refractivity contribution in [2.75, 3.05) is 19.6 Å². The predicted molar refractivity (Wildman–Crippen MR) is 106 cm³/mol. The molecule has 148 valence electrons. The largest absolute Gasteiger partial charge is 1.00 e. The highest BCUT2D eigenvalue weighted by Gasteiger charge is 2.23. The van der Waals surface area contributed by atoms with E-state index < -0.39 is 0 Å². The number of amides is 1. The van der Waals surface area contributed by atoms with Crippen molar-refractivity contribution < 1.29 is 23.0 Å². The Labute approximate surface area is 170 Å². The molecule has 5 N–H and O–H groups in total. The zero-order chi connectivity index (χ0) is 18.8. The van der Waals surface area contributed by atoms with Crippen LogP contribution in [0.1, 0.15) is 18.3 Å². The van der Waals surface area contributed by atoms with E-state index in [1.807, 2.05) is 24.3 Å². The highest BCUT2D eigenvalue weighted by Crippen LogP contribution is 2.25. The number of aromatic amines is 1. The first-order chi connectivity index (χ1) is 13.1. The van der Waals surface area contributed by atoms with E-state index in [9.17, 15) is 9.18 Å². The lowest BCUT2D eigenvalue weighted by Crippen LogP contribution is -3.00. The van der Waals surface area contributed by atoms with Crippen LogP contribution in [-0.4, -0.2) is 36.6 Å². The first-order valence-corrected chi connectivity index (χ1v) is 9.23. The second kappa shape index (κ2) is 8.73. The molecule has 2 heterocycles. The second-order valence-corrected chi connectivity index (χ2v) is 7.14. The number of H-pyrrole nitrogens is 1. The van der Waals surface area contributed by atoms with Crippen LogP contribution < -0.4 is 28.8 Å². The Bertz CT molecular complexity index is 963. The molecule has 0 saturated carbocycles. The normalized spacial score (nSPS) is 18.8. The third-order valence-electron chi connectivity index (χ3n) is 5.20. The molecule has 0 bridgehead atoms. The van der Waals surface area contributed by atoms with Gasteiger partial charge in [-0.2, -0.15) is 0 Å². The molecule has 0 unspecified atom stereocenters. The topological polar surface area (TPSA) is 82.9 Å². The van der Waals surface area contributed by atoms with E-state index in [4.69, 9.17) is 5.73 Å². The maximum Gasteiger partial charge on any atom is 1.00 e. The molecule has 5 nitrogen and oxygen atoms in total. The molecule has 1 fully saturated rings. The van der Waals surface area contributed by atoms with Crippen molar-refractivity contribution in [3.8, 4) is 11.1 Å². The minimum Gasteiger partial charge on any atom is -1.00 e. The molecular formula is C21H24ClFN4O. The van der Waals surface area contributed by atoms with Gasteiger partial charge in [0.05, 0.1) is 0 Å². The van der Waals surface area contributed by atoms with Crippen LogP contribution in [-0.2, 0) is 0 Å². The van der Waals surface area contributed by atoms with Gasteiger partial charge in [-0.1, -0.05) is 24.3 Å². The van der Waals surface area contributed by atoms with Crippen molar-refractivity contribution in [1.82, 2.24) is 15.6 Å². The molecule has 1 aromatic heterocycles. The van der Waals surface area contributed by atoms with Crippen molar-refractivity contribution in [2.24, 2.45) is 11.7 Å². The van der Waals surface area contributed by atoms with Crippen LogP contribution in [0, 0.1) is 11.7 Å². The van der Waals surface area contributed by atoms with Gasteiger partial charge < -0.3 is 33.8 Å². The summed E-state index contributed by atoms with van der Waals surface area (Å²) in [4.78, 5) is 15.7. The van der Waals surface area contributed by atoms with Gasteiger partial charge in [-0.3, -0.25) is 4.79 Å². The van der Waals surface area contributed by atoms with Gasteiger partial charge in [0.2, 0.25) is 0 Å². The fourth-order valence-electron chi connectivity index (χ4n) is 3.62. The van der Waals surface area contributed by atoms with Gasteiger partial charge in [-0.15, -0.1) is 0 Å². The summed E-state index contributed by atoms with van der Waals surface area (Å²) in [7, 11) is 0. The monoisotopic (exact) mass is 402 g/mol. The zero-order valence-electron chi connectivity index (χ0n) is 16.3. The first-order valence-electron chi connectivity index (χ1n) is 9.23. The third-order valence-corrected chi connectivity index (χ3v) is 5.20. The average Bonchev–Trinajstić information content (AvgIpc) is 3.32.